The lowest BCUT2D eigenvalue weighted by Gasteiger charge is -2.40. The van der Waals surface area contributed by atoms with Crippen LogP contribution in [0.3, 0.4) is 0 Å². The minimum absolute atomic E-state index is 0.0918. The summed E-state index contributed by atoms with van der Waals surface area (Å²) in [4.78, 5) is 30.4. The molecule has 176 valence electrons. The predicted octanol–water partition coefficient (Wildman–Crippen LogP) is 5.09. The van der Waals surface area contributed by atoms with Crippen LogP contribution in [0.1, 0.15) is 38.8 Å². The maximum atomic E-state index is 12.4. The third kappa shape index (κ3) is 5.78. The first-order valence-electron chi connectivity index (χ1n) is 11.6. The molecule has 1 saturated heterocycles. The standard InChI is InChI=1S/C27H31N5O2/c1-20-19-31(26(33)34-27(2,3)4)15-16-32(20)24-18-28-23(17-29-24)30-25(21-11-7-5-8-12-21)22-13-9-6-10-14-22/h5-14,17-18,20H,15-16,19H2,1-4H3. The van der Waals surface area contributed by atoms with Gasteiger partial charge < -0.3 is 14.5 Å². The van der Waals surface area contributed by atoms with Crippen molar-refractivity contribution in [3.8, 4) is 0 Å². The summed E-state index contributed by atoms with van der Waals surface area (Å²) in [6, 6.07) is 20.2. The molecular formula is C27H31N5O2. The molecule has 0 saturated carbocycles. The van der Waals surface area contributed by atoms with Crippen LogP contribution in [0, 0.1) is 0 Å². The van der Waals surface area contributed by atoms with Gasteiger partial charge in [0.15, 0.2) is 5.82 Å². The lowest BCUT2D eigenvalue weighted by Crippen LogP contribution is -2.54. The molecule has 34 heavy (non-hydrogen) atoms. The van der Waals surface area contributed by atoms with Crippen molar-refractivity contribution in [1.82, 2.24) is 14.9 Å². The number of benzene rings is 2. The Morgan fingerprint density at radius 1 is 0.941 bits per heavy atom. The van der Waals surface area contributed by atoms with Crippen LogP contribution in [0.5, 0.6) is 0 Å². The Kier molecular flexibility index (Phi) is 6.91. The first kappa shape index (κ1) is 23.4. The quantitative estimate of drug-likeness (QED) is 0.510. The molecule has 7 nitrogen and oxygen atoms in total. The average Bonchev–Trinajstić information content (AvgIpc) is 2.83. The molecule has 1 aromatic heterocycles. The van der Waals surface area contributed by atoms with Gasteiger partial charge in [-0.05, 0) is 27.7 Å². The van der Waals surface area contributed by atoms with E-state index in [4.69, 9.17) is 9.73 Å². The van der Waals surface area contributed by atoms with Gasteiger partial charge in [-0.3, -0.25) is 0 Å². The van der Waals surface area contributed by atoms with E-state index in [1.807, 2.05) is 81.4 Å². The van der Waals surface area contributed by atoms with Gasteiger partial charge in [0, 0.05) is 36.8 Å². The fourth-order valence-electron chi connectivity index (χ4n) is 3.91. The molecule has 3 aromatic rings. The SMILES string of the molecule is CC1CN(C(=O)OC(C)(C)C)CCN1c1cnc(N=C(c2ccccc2)c2ccccc2)cn1. The molecule has 0 aliphatic carbocycles. The number of carbonyl (C=O) groups excluding carboxylic acids is 1. The lowest BCUT2D eigenvalue weighted by atomic mass is 10.0. The van der Waals surface area contributed by atoms with Crippen LogP contribution in [-0.4, -0.2) is 57.9 Å². The minimum Gasteiger partial charge on any atom is -0.444 e. The molecule has 1 aliphatic heterocycles. The number of ether oxygens (including phenoxy) is 1. The number of hydrogen-bond acceptors (Lipinski definition) is 6. The molecule has 7 heteroatoms. The van der Waals surface area contributed by atoms with Gasteiger partial charge in [0.2, 0.25) is 0 Å². The van der Waals surface area contributed by atoms with Crippen molar-refractivity contribution >= 4 is 23.4 Å². The highest BCUT2D eigenvalue weighted by molar-refractivity contribution is 6.13. The van der Waals surface area contributed by atoms with Crippen molar-refractivity contribution in [3.63, 3.8) is 0 Å². The molecule has 2 heterocycles. The van der Waals surface area contributed by atoms with Crippen LogP contribution in [-0.2, 0) is 4.74 Å². The number of aliphatic imine (C=N–C) groups is 1. The summed E-state index contributed by atoms with van der Waals surface area (Å²) in [5.74, 6) is 1.32. The molecule has 1 fully saturated rings. The zero-order valence-corrected chi connectivity index (χ0v) is 20.2. The van der Waals surface area contributed by atoms with E-state index in [-0.39, 0.29) is 12.1 Å². The zero-order valence-electron chi connectivity index (χ0n) is 20.2. The summed E-state index contributed by atoms with van der Waals surface area (Å²) in [6.45, 7) is 9.53. The third-order valence-corrected chi connectivity index (χ3v) is 5.52. The van der Waals surface area contributed by atoms with Crippen LogP contribution < -0.4 is 4.90 Å². The summed E-state index contributed by atoms with van der Waals surface area (Å²) in [5.41, 5.74) is 2.39. The Balaban J connectivity index is 1.51. The molecule has 0 N–H and O–H groups in total. The smallest absolute Gasteiger partial charge is 0.410 e. The highest BCUT2D eigenvalue weighted by Gasteiger charge is 2.30. The molecular weight excluding hydrogens is 426 g/mol. The maximum Gasteiger partial charge on any atom is 0.410 e. The zero-order chi connectivity index (χ0) is 24.1. The number of amides is 1. The molecule has 0 radical (unpaired) electrons. The van der Waals surface area contributed by atoms with Gasteiger partial charge in [-0.1, -0.05) is 60.7 Å². The minimum atomic E-state index is -0.502. The van der Waals surface area contributed by atoms with Crippen molar-refractivity contribution < 1.29 is 9.53 Å². The molecule has 1 unspecified atom stereocenters. The van der Waals surface area contributed by atoms with Crippen LogP contribution in [0.25, 0.3) is 0 Å². The van der Waals surface area contributed by atoms with Gasteiger partial charge >= 0.3 is 6.09 Å². The van der Waals surface area contributed by atoms with Crippen LogP contribution in [0.4, 0.5) is 16.4 Å². The van der Waals surface area contributed by atoms with E-state index < -0.39 is 5.60 Å². The molecule has 1 amide bonds. The number of aromatic nitrogens is 2. The van der Waals surface area contributed by atoms with E-state index in [0.717, 1.165) is 22.7 Å². The summed E-state index contributed by atoms with van der Waals surface area (Å²) in [7, 11) is 0. The molecule has 0 spiro atoms. The van der Waals surface area contributed by atoms with Gasteiger partial charge in [-0.25, -0.2) is 19.8 Å². The monoisotopic (exact) mass is 457 g/mol. The maximum absolute atomic E-state index is 12.4. The van der Waals surface area contributed by atoms with Crippen LogP contribution >= 0.6 is 0 Å². The Morgan fingerprint density at radius 3 is 2.06 bits per heavy atom. The number of piperazine rings is 1. The summed E-state index contributed by atoms with van der Waals surface area (Å²) in [5, 5.41) is 0. The van der Waals surface area contributed by atoms with E-state index in [1.54, 1.807) is 17.3 Å². The van der Waals surface area contributed by atoms with Gasteiger partial charge in [0.05, 0.1) is 18.1 Å². The Hall–Kier alpha value is -3.74. The number of carbonyl (C=O) groups is 1. The Bertz CT molecular complexity index is 1080. The van der Waals surface area contributed by atoms with E-state index in [2.05, 4.69) is 21.8 Å². The largest absolute Gasteiger partial charge is 0.444 e. The normalized spacial score (nSPS) is 16.2. The first-order chi connectivity index (χ1) is 16.3. The van der Waals surface area contributed by atoms with Gasteiger partial charge in [-0.15, -0.1) is 0 Å². The molecule has 0 bridgehead atoms. The predicted molar refractivity (Wildman–Crippen MR) is 135 cm³/mol. The van der Waals surface area contributed by atoms with Gasteiger partial charge in [0.25, 0.3) is 0 Å². The topological polar surface area (TPSA) is 70.9 Å². The number of hydrogen-bond donors (Lipinski definition) is 0. The highest BCUT2D eigenvalue weighted by Crippen LogP contribution is 2.22. The van der Waals surface area contributed by atoms with Crippen molar-refractivity contribution in [2.45, 2.75) is 39.3 Å². The second-order valence-corrected chi connectivity index (χ2v) is 9.39. The number of anilines is 1. The fraction of sp³-hybridized carbons (Fsp3) is 0.333. The molecule has 2 aromatic carbocycles. The van der Waals surface area contributed by atoms with E-state index in [1.165, 1.54) is 0 Å². The number of rotatable bonds is 4. The molecule has 1 aliphatic rings. The van der Waals surface area contributed by atoms with Gasteiger partial charge in [0.1, 0.15) is 11.4 Å². The van der Waals surface area contributed by atoms with Crippen molar-refractivity contribution in [1.29, 1.82) is 0 Å². The summed E-state index contributed by atoms with van der Waals surface area (Å²) in [6.07, 6.45) is 3.18. The lowest BCUT2D eigenvalue weighted by molar-refractivity contribution is 0.0218. The Labute approximate surface area is 201 Å². The van der Waals surface area contributed by atoms with E-state index >= 15 is 0 Å². The number of nitrogens with zero attached hydrogens (tertiary/aromatic N) is 5. The first-order valence-corrected chi connectivity index (χ1v) is 11.6. The van der Waals surface area contributed by atoms with Crippen molar-refractivity contribution in [2.24, 2.45) is 4.99 Å². The second kappa shape index (κ2) is 10.0. The van der Waals surface area contributed by atoms with E-state index in [9.17, 15) is 4.79 Å². The van der Waals surface area contributed by atoms with E-state index in [0.29, 0.717) is 25.5 Å². The highest BCUT2D eigenvalue weighted by atomic mass is 16.6. The van der Waals surface area contributed by atoms with Crippen LogP contribution in [0.15, 0.2) is 78.0 Å². The van der Waals surface area contributed by atoms with Crippen LogP contribution in [0.2, 0.25) is 0 Å². The summed E-state index contributed by atoms with van der Waals surface area (Å²) < 4.78 is 5.52. The fourth-order valence-corrected chi connectivity index (χ4v) is 3.91. The third-order valence-electron chi connectivity index (χ3n) is 5.52. The Morgan fingerprint density at radius 2 is 1.56 bits per heavy atom. The van der Waals surface area contributed by atoms with Gasteiger partial charge in [-0.2, -0.15) is 0 Å². The second-order valence-electron chi connectivity index (χ2n) is 9.39. The van der Waals surface area contributed by atoms with Crippen molar-refractivity contribution in [2.75, 3.05) is 24.5 Å². The average molecular weight is 458 g/mol. The molecule has 1 atom stereocenters. The summed E-state index contributed by atoms with van der Waals surface area (Å²) >= 11 is 0. The van der Waals surface area contributed by atoms with Crippen molar-refractivity contribution in [3.05, 3.63) is 84.2 Å². The molecule has 4 rings (SSSR count).